The zero-order chi connectivity index (χ0) is 26.4. The zero-order valence-corrected chi connectivity index (χ0v) is 22.2. The fraction of sp³-hybridized carbons (Fsp3) is 0.429. The molecule has 1 fully saturated rings. The van der Waals surface area contributed by atoms with Crippen LogP contribution in [0.2, 0.25) is 0 Å². The summed E-state index contributed by atoms with van der Waals surface area (Å²) in [4.78, 5) is 3.48. The molecule has 1 aromatic heterocycles. The van der Waals surface area contributed by atoms with Gasteiger partial charge in [0, 0.05) is 35.1 Å². The van der Waals surface area contributed by atoms with Crippen LogP contribution in [-0.4, -0.2) is 61.2 Å². The molecule has 4 rings (SSSR count). The van der Waals surface area contributed by atoms with Gasteiger partial charge in [0.2, 0.25) is 0 Å². The highest BCUT2D eigenvalue weighted by Gasteiger charge is 2.30. The number of nitrogens with one attached hydrogen (secondary N) is 2. The topological polar surface area (TPSA) is 41.5 Å². The molecule has 0 radical (unpaired) electrons. The average Bonchev–Trinajstić information content (AvgIpc) is 3.23. The van der Waals surface area contributed by atoms with E-state index in [2.05, 4.69) is 34.3 Å². The summed E-state index contributed by atoms with van der Waals surface area (Å²) in [5, 5.41) is 7.55. The second-order valence-electron chi connectivity index (χ2n) is 9.04. The van der Waals surface area contributed by atoms with Crippen molar-refractivity contribution in [3.05, 3.63) is 48.2 Å². The Kier molecular flexibility index (Phi) is 8.83. The number of halogens is 3. The maximum absolute atomic E-state index is 13.5. The Morgan fingerprint density at radius 1 is 1.11 bits per heavy atom. The van der Waals surface area contributed by atoms with Gasteiger partial charge in [0.1, 0.15) is 12.3 Å². The number of benzene rings is 2. The highest BCUT2D eigenvalue weighted by atomic mass is 32.2. The van der Waals surface area contributed by atoms with E-state index in [1.54, 1.807) is 31.0 Å². The van der Waals surface area contributed by atoms with Gasteiger partial charge in [-0.05, 0) is 68.0 Å². The molecule has 198 valence electrons. The highest BCUT2D eigenvalue weighted by Crippen LogP contribution is 2.32. The third-order valence-electron chi connectivity index (χ3n) is 6.67. The van der Waals surface area contributed by atoms with Gasteiger partial charge in [-0.2, -0.15) is 13.2 Å². The van der Waals surface area contributed by atoms with Gasteiger partial charge >= 0.3 is 6.18 Å². The first-order chi connectivity index (χ1) is 17.8. The van der Waals surface area contributed by atoms with Crippen molar-refractivity contribution in [2.24, 2.45) is 0 Å². The number of hydrogen-bond donors (Lipinski definition) is 2. The number of methoxy groups -OCH3 is 1. The molecule has 9 heteroatoms. The number of fused-ring (bicyclic) bond motifs is 1. The molecular formula is C28H33F3N4OS. The number of piperidine rings is 1. The van der Waals surface area contributed by atoms with Gasteiger partial charge in [-0.3, -0.25) is 0 Å². The molecule has 1 aliphatic rings. The molecule has 0 atom stereocenters. The van der Waals surface area contributed by atoms with Crippen molar-refractivity contribution in [3.8, 4) is 17.6 Å². The van der Waals surface area contributed by atoms with Crippen LogP contribution in [0.15, 0.2) is 47.4 Å². The summed E-state index contributed by atoms with van der Waals surface area (Å²) in [5.41, 5.74) is 2.51. The number of thioether (sulfide) groups is 1. The number of hydrogen-bond acceptors (Lipinski definition) is 5. The summed E-state index contributed by atoms with van der Waals surface area (Å²) in [6.45, 7) is 4.42. The van der Waals surface area contributed by atoms with Crippen LogP contribution in [0.25, 0.3) is 10.9 Å². The van der Waals surface area contributed by atoms with Crippen molar-refractivity contribution in [2.75, 3.05) is 50.2 Å². The van der Waals surface area contributed by atoms with Crippen molar-refractivity contribution in [3.63, 3.8) is 0 Å². The van der Waals surface area contributed by atoms with E-state index in [1.807, 2.05) is 36.6 Å². The van der Waals surface area contributed by atoms with Gasteiger partial charge in [0.25, 0.3) is 0 Å². The van der Waals surface area contributed by atoms with E-state index in [4.69, 9.17) is 4.74 Å². The summed E-state index contributed by atoms with van der Waals surface area (Å²) >= 11 is 1.62. The van der Waals surface area contributed by atoms with E-state index in [1.165, 1.54) is 4.57 Å². The molecule has 0 aliphatic carbocycles. The molecular weight excluding hydrogens is 497 g/mol. The summed E-state index contributed by atoms with van der Waals surface area (Å²) in [5.74, 6) is 6.66. The summed E-state index contributed by atoms with van der Waals surface area (Å²) in [6, 6.07) is 13.4. The molecule has 2 N–H and O–H groups in total. The molecule has 3 aromatic rings. The van der Waals surface area contributed by atoms with Gasteiger partial charge < -0.3 is 24.8 Å². The average molecular weight is 531 g/mol. The first-order valence-electron chi connectivity index (χ1n) is 12.4. The van der Waals surface area contributed by atoms with Crippen molar-refractivity contribution in [1.82, 2.24) is 9.47 Å². The minimum absolute atomic E-state index is 0.267. The number of anilines is 2. The number of likely N-dealkylation sites (tertiary alicyclic amines) is 1. The van der Waals surface area contributed by atoms with E-state index in [0.717, 1.165) is 54.1 Å². The van der Waals surface area contributed by atoms with Gasteiger partial charge in [-0.1, -0.05) is 18.9 Å². The number of rotatable bonds is 8. The predicted molar refractivity (Wildman–Crippen MR) is 147 cm³/mol. The standard InChI is InChI=1S/C28H33F3N4OS/c1-4-34-15-12-20(13-16-34)33-24-8-5-9-26-23(24)17-21(35(26)19-28(29,30)31)7-6-14-32-25-11-10-22(37-3)18-27(25)36-2/h5,8-11,17-18,20,32-33H,4,12-16,19H2,1-3H3. The van der Waals surface area contributed by atoms with Crippen molar-refractivity contribution in [2.45, 2.75) is 43.4 Å². The molecule has 1 aliphatic heterocycles. The third-order valence-corrected chi connectivity index (χ3v) is 7.40. The maximum atomic E-state index is 13.5. The second kappa shape index (κ2) is 12.1. The Balaban J connectivity index is 1.57. The first-order valence-corrected chi connectivity index (χ1v) is 13.7. The van der Waals surface area contributed by atoms with Crippen molar-refractivity contribution in [1.29, 1.82) is 0 Å². The molecule has 2 heterocycles. The van der Waals surface area contributed by atoms with E-state index in [0.29, 0.717) is 23.0 Å². The lowest BCUT2D eigenvalue weighted by Crippen LogP contribution is -2.38. The lowest BCUT2D eigenvalue weighted by Gasteiger charge is -2.32. The van der Waals surface area contributed by atoms with Gasteiger partial charge in [-0.25, -0.2) is 0 Å². The van der Waals surface area contributed by atoms with Crippen molar-refractivity contribution >= 4 is 34.0 Å². The lowest BCUT2D eigenvalue weighted by molar-refractivity contribution is -0.140. The Bertz CT molecular complexity index is 1270. The highest BCUT2D eigenvalue weighted by molar-refractivity contribution is 7.98. The van der Waals surface area contributed by atoms with E-state index in [9.17, 15) is 13.2 Å². The fourth-order valence-electron chi connectivity index (χ4n) is 4.70. The van der Waals surface area contributed by atoms with Gasteiger partial charge in [0.15, 0.2) is 0 Å². The van der Waals surface area contributed by atoms with Crippen LogP contribution in [-0.2, 0) is 6.54 Å². The minimum atomic E-state index is -4.36. The molecule has 0 saturated carbocycles. The Morgan fingerprint density at radius 3 is 2.57 bits per heavy atom. The normalized spacial score (nSPS) is 14.9. The minimum Gasteiger partial charge on any atom is -0.495 e. The fourth-order valence-corrected chi connectivity index (χ4v) is 5.12. The number of nitrogens with zero attached hydrogens (tertiary/aromatic N) is 2. The molecule has 1 saturated heterocycles. The van der Waals surface area contributed by atoms with Crippen molar-refractivity contribution < 1.29 is 17.9 Å². The second-order valence-corrected chi connectivity index (χ2v) is 9.92. The van der Waals surface area contributed by atoms with Crippen LogP contribution < -0.4 is 15.4 Å². The summed E-state index contributed by atoms with van der Waals surface area (Å²) in [7, 11) is 1.60. The first kappa shape index (κ1) is 27.1. The number of ether oxygens (including phenoxy) is 1. The number of alkyl halides is 3. The predicted octanol–water partition coefficient (Wildman–Crippen LogP) is 6.29. The SMILES string of the molecule is CCN1CCC(Nc2cccc3c2cc(C#CCNc2ccc(SC)cc2OC)n3CC(F)(F)F)CC1. The van der Waals surface area contributed by atoms with Crippen LogP contribution in [0.5, 0.6) is 5.75 Å². The molecule has 0 amide bonds. The third kappa shape index (κ3) is 6.88. The number of aromatic nitrogens is 1. The Labute approximate surface area is 220 Å². The zero-order valence-electron chi connectivity index (χ0n) is 21.4. The van der Waals surface area contributed by atoms with Crippen LogP contribution in [0, 0.1) is 11.8 Å². The molecule has 37 heavy (non-hydrogen) atoms. The van der Waals surface area contributed by atoms with E-state index >= 15 is 0 Å². The quantitative estimate of drug-likeness (QED) is 0.265. The Hall–Kier alpha value is -2.96. The Morgan fingerprint density at radius 2 is 1.89 bits per heavy atom. The van der Waals surface area contributed by atoms with Crippen LogP contribution >= 0.6 is 11.8 Å². The van der Waals surface area contributed by atoms with E-state index < -0.39 is 12.7 Å². The van der Waals surface area contributed by atoms with Crippen LogP contribution in [0.4, 0.5) is 24.5 Å². The van der Waals surface area contributed by atoms with E-state index in [-0.39, 0.29) is 6.54 Å². The van der Waals surface area contributed by atoms with Crippen LogP contribution in [0.1, 0.15) is 25.5 Å². The molecule has 5 nitrogen and oxygen atoms in total. The van der Waals surface area contributed by atoms with Gasteiger partial charge in [-0.15, -0.1) is 11.8 Å². The largest absolute Gasteiger partial charge is 0.495 e. The molecule has 2 aromatic carbocycles. The van der Waals surface area contributed by atoms with Crippen LogP contribution in [0.3, 0.4) is 0 Å². The molecule has 0 bridgehead atoms. The lowest BCUT2D eigenvalue weighted by atomic mass is 10.0. The molecule has 0 unspecified atom stereocenters. The maximum Gasteiger partial charge on any atom is 0.406 e. The summed E-state index contributed by atoms with van der Waals surface area (Å²) in [6.07, 6.45) is -0.354. The molecule has 0 spiro atoms. The smallest absolute Gasteiger partial charge is 0.406 e. The summed E-state index contributed by atoms with van der Waals surface area (Å²) < 4.78 is 47.2. The monoisotopic (exact) mass is 530 g/mol. The van der Waals surface area contributed by atoms with Gasteiger partial charge in [0.05, 0.1) is 30.6 Å².